The Labute approximate surface area is 208 Å². The maximum atomic E-state index is 12.2. The second-order valence-corrected chi connectivity index (χ2v) is 9.22. The topological polar surface area (TPSA) is 97.9 Å². The van der Waals surface area contributed by atoms with E-state index in [4.69, 9.17) is 14.2 Å². The Morgan fingerprint density at radius 1 is 0.917 bits per heavy atom. The third-order valence-electron chi connectivity index (χ3n) is 6.80. The fourth-order valence-corrected chi connectivity index (χ4v) is 4.89. The van der Waals surface area contributed by atoms with Crippen LogP contribution in [0.25, 0.3) is 0 Å². The third kappa shape index (κ3) is 5.18. The summed E-state index contributed by atoms with van der Waals surface area (Å²) in [4.78, 5) is 40.7. The van der Waals surface area contributed by atoms with Crippen LogP contribution in [-0.2, 0) is 38.6 Å². The minimum absolute atomic E-state index is 0.149. The van der Waals surface area contributed by atoms with Gasteiger partial charge in [-0.05, 0) is 48.4 Å². The van der Waals surface area contributed by atoms with E-state index in [0.717, 1.165) is 36.1 Å². The Bertz CT molecular complexity index is 1270. The van der Waals surface area contributed by atoms with Crippen LogP contribution in [0.5, 0.6) is 5.75 Å². The van der Waals surface area contributed by atoms with Crippen LogP contribution in [0.1, 0.15) is 36.0 Å². The number of H-pyrrole nitrogens is 1. The molecule has 0 aliphatic carbocycles. The summed E-state index contributed by atoms with van der Waals surface area (Å²) in [6, 6.07) is 21.4. The van der Waals surface area contributed by atoms with Crippen LogP contribution in [0.4, 0.5) is 0 Å². The second kappa shape index (κ2) is 10.4. The number of hydrogen-bond acceptors (Lipinski definition) is 7. The number of para-hydroxylation sites is 1. The van der Waals surface area contributed by atoms with Gasteiger partial charge in [0.15, 0.2) is 0 Å². The minimum atomic E-state index is -1.48. The molecule has 5 rings (SSSR count). The van der Waals surface area contributed by atoms with Crippen LogP contribution in [0.15, 0.2) is 77.7 Å². The van der Waals surface area contributed by atoms with E-state index in [9.17, 15) is 14.4 Å². The van der Waals surface area contributed by atoms with Crippen molar-refractivity contribution >= 4 is 11.9 Å². The Balaban J connectivity index is 1.26. The number of carbonyl (C=O) groups is 2. The number of aromatic nitrogens is 1. The van der Waals surface area contributed by atoms with Crippen molar-refractivity contribution in [2.24, 2.45) is 5.92 Å². The molecule has 8 heteroatoms. The molecule has 0 radical (unpaired) electrons. The number of nitrogens with one attached hydrogen (secondary N) is 1. The number of aromatic amines is 1. The maximum absolute atomic E-state index is 12.2. The number of esters is 2. The zero-order valence-corrected chi connectivity index (χ0v) is 19.9. The molecular formula is C28H28N2O6. The Morgan fingerprint density at radius 2 is 1.64 bits per heavy atom. The molecule has 3 heterocycles. The fourth-order valence-electron chi connectivity index (χ4n) is 4.89. The monoisotopic (exact) mass is 488 g/mol. The lowest BCUT2D eigenvalue weighted by atomic mass is 9.88. The van der Waals surface area contributed by atoms with E-state index < -0.39 is 17.8 Å². The lowest BCUT2D eigenvalue weighted by Crippen LogP contribution is -2.55. The first-order valence-electron chi connectivity index (χ1n) is 12.1. The number of carbonyl (C=O) groups excluding carboxylic acids is 2. The van der Waals surface area contributed by atoms with Gasteiger partial charge in [-0.2, -0.15) is 0 Å². The summed E-state index contributed by atoms with van der Waals surface area (Å²) in [5.41, 5.74) is 2.49. The van der Waals surface area contributed by atoms with Crippen LogP contribution >= 0.6 is 0 Å². The number of benzene rings is 2. The molecule has 2 fully saturated rings. The van der Waals surface area contributed by atoms with Gasteiger partial charge in [-0.25, -0.2) is 14.5 Å². The molecule has 2 saturated heterocycles. The quantitative estimate of drug-likeness (QED) is 0.383. The van der Waals surface area contributed by atoms with Crippen LogP contribution in [-0.4, -0.2) is 34.3 Å². The summed E-state index contributed by atoms with van der Waals surface area (Å²) in [5.74, 6) is -2.49. The molecule has 1 N–H and O–H groups in total. The first-order valence-corrected chi connectivity index (χ1v) is 12.1. The molecule has 8 nitrogen and oxygen atoms in total. The van der Waals surface area contributed by atoms with Gasteiger partial charge in [0.05, 0.1) is 0 Å². The van der Waals surface area contributed by atoms with E-state index >= 15 is 0 Å². The number of pyridine rings is 1. The summed E-state index contributed by atoms with van der Waals surface area (Å²) in [5, 5.41) is 0. The Morgan fingerprint density at radius 3 is 2.42 bits per heavy atom. The number of nitrogens with zero attached hydrogens (tertiary/aromatic N) is 1. The van der Waals surface area contributed by atoms with Crippen molar-refractivity contribution in [2.75, 3.05) is 6.54 Å². The molecule has 2 aromatic carbocycles. The highest BCUT2D eigenvalue weighted by Gasteiger charge is 2.55. The zero-order chi connectivity index (χ0) is 25.0. The number of ether oxygens (including phenoxy) is 3. The molecule has 2 aliphatic rings. The summed E-state index contributed by atoms with van der Waals surface area (Å²) >= 11 is 0. The molecule has 0 saturated carbocycles. The van der Waals surface area contributed by atoms with Gasteiger partial charge in [0, 0.05) is 31.3 Å². The first-order chi connectivity index (χ1) is 17.5. The summed E-state index contributed by atoms with van der Waals surface area (Å²) in [7, 11) is 0. The number of hydrogen-bond donors (Lipinski definition) is 1. The van der Waals surface area contributed by atoms with Crippen molar-refractivity contribution in [3.05, 3.63) is 100.0 Å². The fraction of sp³-hybridized carbons (Fsp3) is 0.321. The normalized spacial score (nSPS) is 19.2. The molecule has 36 heavy (non-hydrogen) atoms. The van der Waals surface area contributed by atoms with E-state index in [0.29, 0.717) is 25.1 Å². The van der Waals surface area contributed by atoms with Gasteiger partial charge in [0.2, 0.25) is 0 Å². The van der Waals surface area contributed by atoms with Crippen molar-refractivity contribution < 1.29 is 23.8 Å². The average molecular weight is 489 g/mol. The van der Waals surface area contributed by atoms with Gasteiger partial charge < -0.3 is 19.2 Å². The number of piperidine rings is 1. The number of aryl methyl sites for hydroxylation is 1. The Kier molecular flexibility index (Phi) is 6.86. The minimum Gasteiger partial charge on any atom is -0.489 e. The van der Waals surface area contributed by atoms with E-state index in [1.807, 2.05) is 48.5 Å². The van der Waals surface area contributed by atoms with Crippen molar-refractivity contribution in [2.45, 2.75) is 44.7 Å². The predicted molar refractivity (Wildman–Crippen MR) is 131 cm³/mol. The third-order valence-corrected chi connectivity index (χ3v) is 6.80. The van der Waals surface area contributed by atoms with Crippen LogP contribution < -0.4 is 10.3 Å². The first kappa shape index (κ1) is 23.8. The zero-order valence-electron chi connectivity index (χ0n) is 19.9. The van der Waals surface area contributed by atoms with Crippen molar-refractivity contribution in [1.82, 2.24) is 9.88 Å². The molecule has 1 atom stereocenters. The standard InChI is InChI=1S/C28H28N2O6/c31-25-23(10-6-15-29-25)18-30-16-14-20(17-28(30)35-26(32)27(33)36-28)12-13-22-9-4-5-11-24(22)34-19-21-7-2-1-3-8-21/h1-11,15,20H,12-14,16-19H2,(H,29,31). The van der Waals surface area contributed by atoms with Crippen LogP contribution in [0, 0.1) is 5.92 Å². The van der Waals surface area contributed by atoms with Crippen LogP contribution in [0.2, 0.25) is 0 Å². The van der Waals surface area contributed by atoms with E-state index in [1.165, 1.54) is 0 Å². The average Bonchev–Trinajstić information content (AvgIpc) is 3.18. The van der Waals surface area contributed by atoms with Gasteiger partial charge >= 0.3 is 17.8 Å². The predicted octanol–water partition coefficient (Wildman–Crippen LogP) is 3.55. The lowest BCUT2D eigenvalue weighted by molar-refractivity contribution is -0.274. The smallest absolute Gasteiger partial charge is 0.421 e. The highest BCUT2D eigenvalue weighted by atomic mass is 16.8. The maximum Gasteiger partial charge on any atom is 0.421 e. The highest BCUT2D eigenvalue weighted by Crippen LogP contribution is 2.40. The van der Waals surface area contributed by atoms with Crippen molar-refractivity contribution in [1.29, 1.82) is 0 Å². The molecule has 0 bridgehead atoms. The van der Waals surface area contributed by atoms with Crippen molar-refractivity contribution in [3.8, 4) is 5.75 Å². The summed E-state index contributed by atoms with van der Waals surface area (Å²) < 4.78 is 17.1. The molecule has 3 aromatic rings. The van der Waals surface area contributed by atoms with Gasteiger partial charge in [-0.1, -0.05) is 54.6 Å². The molecule has 186 valence electrons. The summed E-state index contributed by atoms with van der Waals surface area (Å²) in [6.45, 7) is 1.22. The van der Waals surface area contributed by atoms with Gasteiger partial charge in [0.1, 0.15) is 12.4 Å². The highest BCUT2D eigenvalue weighted by molar-refractivity contribution is 6.31. The lowest BCUT2D eigenvalue weighted by Gasteiger charge is -2.43. The Hall–Kier alpha value is -3.91. The molecule has 1 aromatic heterocycles. The van der Waals surface area contributed by atoms with Gasteiger partial charge in [-0.15, -0.1) is 0 Å². The van der Waals surface area contributed by atoms with Crippen LogP contribution in [0.3, 0.4) is 0 Å². The van der Waals surface area contributed by atoms with Gasteiger partial charge in [0.25, 0.3) is 5.56 Å². The van der Waals surface area contributed by atoms with E-state index in [-0.39, 0.29) is 18.0 Å². The molecule has 0 amide bonds. The van der Waals surface area contributed by atoms with Crippen molar-refractivity contribution in [3.63, 3.8) is 0 Å². The second-order valence-electron chi connectivity index (χ2n) is 9.22. The number of likely N-dealkylation sites (tertiary alicyclic amines) is 1. The van der Waals surface area contributed by atoms with E-state index in [1.54, 1.807) is 23.2 Å². The largest absolute Gasteiger partial charge is 0.489 e. The SMILES string of the molecule is O=C1OC2(CC(CCc3ccccc3OCc3ccccc3)CCN2Cc2ccc[nH]c2=O)OC1=O. The summed E-state index contributed by atoms with van der Waals surface area (Å²) in [6.07, 6.45) is 4.30. The van der Waals surface area contributed by atoms with E-state index in [2.05, 4.69) is 11.1 Å². The molecule has 1 unspecified atom stereocenters. The molecular weight excluding hydrogens is 460 g/mol. The molecule has 1 spiro atoms. The van der Waals surface area contributed by atoms with Gasteiger partial charge in [-0.3, -0.25) is 4.79 Å². The molecule has 2 aliphatic heterocycles. The number of rotatable bonds is 8.